The van der Waals surface area contributed by atoms with Gasteiger partial charge in [-0.25, -0.2) is 9.97 Å². The Morgan fingerprint density at radius 2 is 1.95 bits per heavy atom. The Labute approximate surface area is 118 Å². The zero-order chi connectivity index (χ0) is 14.2. The van der Waals surface area contributed by atoms with E-state index in [1.807, 2.05) is 31.2 Å². The highest BCUT2D eigenvalue weighted by Crippen LogP contribution is 2.12. The SMILES string of the molecule is CCNc1cc(NCc2ccccn2)nc(COC)n1. The number of pyridine rings is 1. The van der Waals surface area contributed by atoms with Crippen molar-refractivity contribution in [2.24, 2.45) is 0 Å². The number of aromatic nitrogens is 3. The molecular weight excluding hydrogens is 254 g/mol. The summed E-state index contributed by atoms with van der Waals surface area (Å²) in [6, 6.07) is 7.71. The van der Waals surface area contributed by atoms with Crippen LogP contribution < -0.4 is 10.6 Å². The summed E-state index contributed by atoms with van der Waals surface area (Å²) in [5, 5.41) is 6.43. The molecule has 0 bridgehead atoms. The quantitative estimate of drug-likeness (QED) is 0.804. The minimum absolute atomic E-state index is 0.386. The zero-order valence-electron chi connectivity index (χ0n) is 11.8. The van der Waals surface area contributed by atoms with Crippen molar-refractivity contribution in [2.75, 3.05) is 24.3 Å². The van der Waals surface area contributed by atoms with Gasteiger partial charge < -0.3 is 15.4 Å². The number of anilines is 2. The van der Waals surface area contributed by atoms with E-state index in [1.165, 1.54) is 0 Å². The summed E-state index contributed by atoms with van der Waals surface area (Å²) in [6.07, 6.45) is 1.78. The van der Waals surface area contributed by atoms with Crippen LogP contribution in [0.2, 0.25) is 0 Å². The number of hydrogen-bond donors (Lipinski definition) is 2. The van der Waals surface area contributed by atoms with Crippen molar-refractivity contribution in [1.82, 2.24) is 15.0 Å². The zero-order valence-corrected chi connectivity index (χ0v) is 11.8. The maximum absolute atomic E-state index is 5.09. The highest BCUT2D eigenvalue weighted by Gasteiger charge is 2.04. The summed E-state index contributed by atoms with van der Waals surface area (Å²) in [6.45, 7) is 3.84. The van der Waals surface area contributed by atoms with Gasteiger partial charge in [0.2, 0.25) is 0 Å². The van der Waals surface area contributed by atoms with E-state index in [2.05, 4.69) is 25.6 Å². The fourth-order valence-corrected chi connectivity index (χ4v) is 1.74. The van der Waals surface area contributed by atoms with Crippen LogP contribution in [0.5, 0.6) is 0 Å². The van der Waals surface area contributed by atoms with Gasteiger partial charge in [-0.2, -0.15) is 0 Å². The first kappa shape index (κ1) is 14.2. The first-order valence-electron chi connectivity index (χ1n) is 6.56. The molecule has 0 fully saturated rings. The molecule has 0 aromatic carbocycles. The van der Waals surface area contributed by atoms with Gasteiger partial charge >= 0.3 is 0 Å². The van der Waals surface area contributed by atoms with Crippen molar-refractivity contribution in [3.05, 3.63) is 42.0 Å². The number of nitrogens with zero attached hydrogens (tertiary/aromatic N) is 3. The van der Waals surface area contributed by atoms with Crippen LogP contribution in [0.25, 0.3) is 0 Å². The highest BCUT2D eigenvalue weighted by molar-refractivity contribution is 5.47. The molecule has 0 aliphatic heterocycles. The summed E-state index contributed by atoms with van der Waals surface area (Å²) in [4.78, 5) is 13.0. The Morgan fingerprint density at radius 1 is 1.15 bits per heavy atom. The van der Waals surface area contributed by atoms with Crippen LogP contribution in [0.1, 0.15) is 18.4 Å². The molecule has 0 saturated heterocycles. The van der Waals surface area contributed by atoms with Crippen molar-refractivity contribution in [1.29, 1.82) is 0 Å². The topological polar surface area (TPSA) is 72.0 Å². The summed E-state index contributed by atoms with van der Waals surface area (Å²) < 4.78 is 5.09. The Bertz CT molecular complexity index is 508. The number of nitrogens with one attached hydrogen (secondary N) is 2. The molecule has 0 unspecified atom stereocenters. The molecule has 0 spiro atoms. The molecule has 0 aliphatic carbocycles. The third kappa shape index (κ3) is 4.17. The van der Waals surface area contributed by atoms with Crippen molar-refractivity contribution >= 4 is 11.6 Å². The summed E-state index contributed by atoms with van der Waals surface area (Å²) in [5.41, 5.74) is 0.962. The molecule has 20 heavy (non-hydrogen) atoms. The number of hydrogen-bond acceptors (Lipinski definition) is 6. The lowest BCUT2D eigenvalue weighted by molar-refractivity contribution is 0.178. The van der Waals surface area contributed by atoms with Gasteiger partial charge in [-0.15, -0.1) is 0 Å². The molecule has 2 aromatic heterocycles. The minimum Gasteiger partial charge on any atom is -0.377 e. The van der Waals surface area contributed by atoms with E-state index in [0.717, 1.165) is 23.9 Å². The Balaban J connectivity index is 2.09. The van der Waals surface area contributed by atoms with Crippen LogP contribution in [0.3, 0.4) is 0 Å². The monoisotopic (exact) mass is 273 g/mol. The van der Waals surface area contributed by atoms with Gasteiger partial charge in [0.1, 0.15) is 18.2 Å². The smallest absolute Gasteiger partial charge is 0.158 e. The molecule has 6 nitrogen and oxygen atoms in total. The van der Waals surface area contributed by atoms with E-state index in [1.54, 1.807) is 13.3 Å². The van der Waals surface area contributed by atoms with Crippen molar-refractivity contribution in [2.45, 2.75) is 20.1 Å². The van der Waals surface area contributed by atoms with E-state index in [4.69, 9.17) is 4.74 Å². The Morgan fingerprint density at radius 3 is 2.60 bits per heavy atom. The second-order valence-electron chi connectivity index (χ2n) is 4.19. The lowest BCUT2D eigenvalue weighted by Crippen LogP contribution is -2.09. The van der Waals surface area contributed by atoms with Crippen LogP contribution in [0, 0.1) is 0 Å². The molecule has 6 heteroatoms. The predicted molar refractivity (Wildman–Crippen MR) is 78.5 cm³/mol. The summed E-state index contributed by atoms with van der Waals surface area (Å²) in [5.74, 6) is 2.20. The summed E-state index contributed by atoms with van der Waals surface area (Å²) >= 11 is 0. The first-order valence-corrected chi connectivity index (χ1v) is 6.56. The highest BCUT2D eigenvalue weighted by atomic mass is 16.5. The van der Waals surface area contributed by atoms with Crippen LogP contribution in [0.4, 0.5) is 11.6 Å². The van der Waals surface area contributed by atoms with Gasteiger partial charge in [0.05, 0.1) is 12.2 Å². The van der Waals surface area contributed by atoms with Gasteiger partial charge in [0, 0.05) is 25.9 Å². The minimum atomic E-state index is 0.386. The molecular formula is C14H19N5O. The maximum atomic E-state index is 5.09. The van der Waals surface area contributed by atoms with Gasteiger partial charge in [-0.1, -0.05) is 6.07 Å². The lowest BCUT2D eigenvalue weighted by Gasteiger charge is -2.10. The van der Waals surface area contributed by atoms with Gasteiger partial charge in [0.15, 0.2) is 5.82 Å². The predicted octanol–water partition coefficient (Wildman–Crippen LogP) is 2.06. The van der Waals surface area contributed by atoms with E-state index >= 15 is 0 Å². The second kappa shape index (κ2) is 7.40. The van der Waals surface area contributed by atoms with E-state index < -0.39 is 0 Å². The molecule has 2 heterocycles. The Hall–Kier alpha value is -2.21. The lowest BCUT2D eigenvalue weighted by atomic mass is 10.3. The molecule has 0 saturated carbocycles. The molecule has 2 N–H and O–H groups in total. The first-order chi connectivity index (χ1) is 9.81. The van der Waals surface area contributed by atoms with Crippen molar-refractivity contribution in [3.8, 4) is 0 Å². The van der Waals surface area contributed by atoms with Gasteiger partial charge in [-0.3, -0.25) is 4.98 Å². The van der Waals surface area contributed by atoms with Gasteiger partial charge in [-0.05, 0) is 19.1 Å². The molecule has 0 radical (unpaired) electrons. The number of methoxy groups -OCH3 is 1. The fourth-order valence-electron chi connectivity index (χ4n) is 1.74. The van der Waals surface area contributed by atoms with Crippen molar-refractivity contribution in [3.63, 3.8) is 0 Å². The number of ether oxygens (including phenoxy) is 1. The molecule has 106 valence electrons. The van der Waals surface area contributed by atoms with Crippen LogP contribution >= 0.6 is 0 Å². The second-order valence-corrected chi connectivity index (χ2v) is 4.19. The number of rotatable bonds is 7. The summed E-state index contributed by atoms with van der Waals surface area (Å²) in [7, 11) is 1.63. The van der Waals surface area contributed by atoms with Crippen LogP contribution in [-0.4, -0.2) is 28.6 Å². The average Bonchev–Trinajstić information content (AvgIpc) is 2.47. The largest absolute Gasteiger partial charge is 0.377 e. The van der Waals surface area contributed by atoms with E-state index in [-0.39, 0.29) is 0 Å². The Kier molecular flexibility index (Phi) is 5.25. The molecule has 2 aromatic rings. The maximum Gasteiger partial charge on any atom is 0.158 e. The average molecular weight is 273 g/mol. The van der Waals surface area contributed by atoms with Gasteiger partial charge in [0.25, 0.3) is 0 Å². The molecule has 0 aliphatic rings. The van der Waals surface area contributed by atoms with E-state index in [9.17, 15) is 0 Å². The normalized spacial score (nSPS) is 10.3. The third-order valence-electron chi connectivity index (χ3n) is 2.58. The van der Waals surface area contributed by atoms with Crippen LogP contribution in [-0.2, 0) is 17.9 Å². The molecule has 0 amide bonds. The van der Waals surface area contributed by atoms with Crippen LogP contribution in [0.15, 0.2) is 30.5 Å². The molecule has 0 atom stereocenters. The third-order valence-corrected chi connectivity index (χ3v) is 2.58. The molecule has 2 rings (SSSR count). The standard InChI is InChI=1S/C14H19N5O/c1-3-15-12-8-13(19-14(18-12)10-20-2)17-9-11-6-4-5-7-16-11/h4-8H,3,9-10H2,1-2H3,(H2,15,17,18,19). The van der Waals surface area contributed by atoms with Crippen molar-refractivity contribution < 1.29 is 4.74 Å². The fraction of sp³-hybridized carbons (Fsp3) is 0.357. The van der Waals surface area contributed by atoms with E-state index in [0.29, 0.717) is 19.0 Å².